The molecule has 2 rings (SSSR count). The lowest BCUT2D eigenvalue weighted by atomic mass is 10.2. The minimum atomic E-state index is -0.379. The van der Waals surface area contributed by atoms with E-state index in [1.807, 2.05) is 18.2 Å². The number of benzene rings is 2. The number of hydrazone groups is 1. The second kappa shape index (κ2) is 8.83. The first-order valence-corrected chi connectivity index (χ1v) is 8.02. The number of nitrogens with one attached hydrogen (secondary N) is 2. The van der Waals surface area contributed by atoms with E-state index in [2.05, 4.69) is 31.8 Å². The van der Waals surface area contributed by atoms with E-state index in [0.717, 1.165) is 0 Å². The average Bonchev–Trinajstić information content (AvgIpc) is 2.61. The van der Waals surface area contributed by atoms with Gasteiger partial charge in [0.15, 0.2) is 4.62 Å². The normalized spacial score (nSPS) is 10.8. The van der Waals surface area contributed by atoms with Gasteiger partial charge in [0.25, 0.3) is 5.91 Å². The minimum Gasteiger partial charge on any atom is -0.462 e. The highest BCUT2D eigenvalue weighted by Gasteiger charge is 2.09. The molecule has 0 aliphatic rings. The summed E-state index contributed by atoms with van der Waals surface area (Å²) in [5, 5.41) is 6.65. The Kier molecular flexibility index (Phi) is 6.51. The lowest BCUT2D eigenvalue weighted by Gasteiger charge is -2.05. The van der Waals surface area contributed by atoms with Crippen molar-refractivity contribution in [3.63, 3.8) is 0 Å². The van der Waals surface area contributed by atoms with Crippen LogP contribution in [0.1, 0.15) is 17.3 Å². The van der Waals surface area contributed by atoms with Gasteiger partial charge in [-0.3, -0.25) is 10.2 Å². The van der Waals surface area contributed by atoms with Gasteiger partial charge in [-0.15, -0.1) is 0 Å². The van der Waals surface area contributed by atoms with E-state index in [9.17, 15) is 9.59 Å². The van der Waals surface area contributed by atoms with E-state index in [-0.39, 0.29) is 16.5 Å². The van der Waals surface area contributed by atoms with Gasteiger partial charge in [-0.2, -0.15) is 5.10 Å². The van der Waals surface area contributed by atoms with E-state index in [4.69, 9.17) is 4.74 Å². The van der Waals surface area contributed by atoms with Crippen LogP contribution < -0.4 is 10.7 Å². The molecule has 2 aromatic rings. The molecule has 1 amide bonds. The number of halogens is 1. The summed E-state index contributed by atoms with van der Waals surface area (Å²) >= 11 is 3.12. The largest absolute Gasteiger partial charge is 0.462 e. The molecule has 0 aliphatic carbocycles. The summed E-state index contributed by atoms with van der Waals surface area (Å²) in [5.74, 6) is -0.757. The molecule has 0 aliphatic heterocycles. The summed E-state index contributed by atoms with van der Waals surface area (Å²) in [6.07, 6.45) is 0. The number of anilines is 2. The quantitative estimate of drug-likeness (QED) is 0.449. The van der Waals surface area contributed by atoms with Crippen LogP contribution in [-0.4, -0.2) is 23.1 Å². The van der Waals surface area contributed by atoms with Gasteiger partial charge in [0.2, 0.25) is 0 Å². The Morgan fingerprint density at radius 2 is 1.71 bits per heavy atom. The highest BCUT2D eigenvalue weighted by molar-refractivity contribution is 9.19. The Bertz CT molecular complexity index is 731. The standard InChI is InChI=1S/C17H16BrN3O3/c1-2-24-17(23)12-8-10-14(11-9-12)20-21-15(18)16(22)19-13-6-4-3-5-7-13/h3-11,20H,2H2,1H3,(H,19,22). The third-order valence-electron chi connectivity index (χ3n) is 2.90. The zero-order valence-electron chi connectivity index (χ0n) is 13.0. The number of esters is 1. The molecule has 0 radical (unpaired) electrons. The Morgan fingerprint density at radius 3 is 2.33 bits per heavy atom. The zero-order valence-corrected chi connectivity index (χ0v) is 14.5. The summed E-state index contributed by atoms with van der Waals surface area (Å²) in [6.45, 7) is 2.08. The number of rotatable bonds is 6. The molecular weight excluding hydrogens is 374 g/mol. The predicted molar refractivity (Wildman–Crippen MR) is 97.5 cm³/mol. The maximum Gasteiger partial charge on any atom is 0.338 e. The number of carbonyl (C=O) groups excluding carboxylic acids is 2. The second-order valence-corrected chi connectivity index (χ2v) is 5.38. The van der Waals surface area contributed by atoms with E-state index in [0.29, 0.717) is 23.5 Å². The molecule has 0 aromatic heterocycles. The predicted octanol–water partition coefficient (Wildman–Crippen LogP) is 3.62. The van der Waals surface area contributed by atoms with Crippen molar-refractivity contribution >= 4 is 43.8 Å². The smallest absolute Gasteiger partial charge is 0.338 e. The molecule has 2 N–H and O–H groups in total. The van der Waals surface area contributed by atoms with Gasteiger partial charge in [-0.1, -0.05) is 18.2 Å². The van der Waals surface area contributed by atoms with Gasteiger partial charge in [0, 0.05) is 5.69 Å². The Labute approximate surface area is 148 Å². The summed E-state index contributed by atoms with van der Waals surface area (Å²) in [6, 6.07) is 15.6. The van der Waals surface area contributed by atoms with Crippen molar-refractivity contribution in [2.45, 2.75) is 6.92 Å². The van der Waals surface area contributed by atoms with E-state index < -0.39 is 0 Å². The van der Waals surface area contributed by atoms with Crippen molar-refractivity contribution in [2.75, 3.05) is 17.3 Å². The fourth-order valence-corrected chi connectivity index (χ4v) is 1.95. The number of carbonyl (C=O) groups is 2. The molecule has 124 valence electrons. The first-order chi connectivity index (χ1) is 11.6. The summed E-state index contributed by atoms with van der Waals surface area (Å²) in [5.41, 5.74) is 4.49. The lowest BCUT2D eigenvalue weighted by molar-refractivity contribution is -0.110. The molecule has 7 heteroatoms. The Hall–Kier alpha value is -2.67. The Balaban J connectivity index is 1.94. The Morgan fingerprint density at radius 1 is 1.04 bits per heavy atom. The average molecular weight is 390 g/mol. The first kappa shape index (κ1) is 17.7. The van der Waals surface area contributed by atoms with Crippen LogP contribution in [0.2, 0.25) is 0 Å². The van der Waals surface area contributed by atoms with Gasteiger partial charge in [0.1, 0.15) is 0 Å². The molecule has 2 aromatic carbocycles. The number of para-hydroxylation sites is 1. The molecule has 0 saturated carbocycles. The van der Waals surface area contributed by atoms with Gasteiger partial charge >= 0.3 is 5.97 Å². The van der Waals surface area contributed by atoms with Crippen LogP contribution in [0.25, 0.3) is 0 Å². The maximum absolute atomic E-state index is 12.0. The first-order valence-electron chi connectivity index (χ1n) is 7.23. The zero-order chi connectivity index (χ0) is 17.4. The van der Waals surface area contributed by atoms with E-state index in [1.165, 1.54) is 0 Å². The highest BCUT2D eigenvalue weighted by Crippen LogP contribution is 2.11. The molecular formula is C17H16BrN3O3. The molecule has 24 heavy (non-hydrogen) atoms. The SMILES string of the molecule is CCOC(=O)c1ccc(NN=C(Br)C(=O)Nc2ccccc2)cc1. The number of amides is 1. The van der Waals surface area contributed by atoms with Crippen LogP contribution in [0.5, 0.6) is 0 Å². The maximum atomic E-state index is 12.0. The van der Waals surface area contributed by atoms with Crippen molar-refractivity contribution < 1.29 is 14.3 Å². The van der Waals surface area contributed by atoms with Gasteiger partial charge in [-0.05, 0) is 59.3 Å². The van der Waals surface area contributed by atoms with E-state index in [1.54, 1.807) is 43.3 Å². The molecule has 6 nitrogen and oxygen atoms in total. The van der Waals surface area contributed by atoms with Crippen LogP contribution in [0.3, 0.4) is 0 Å². The minimum absolute atomic E-state index is 0.0980. The number of hydrogen-bond acceptors (Lipinski definition) is 5. The number of nitrogens with zero attached hydrogens (tertiary/aromatic N) is 1. The van der Waals surface area contributed by atoms with Crippen LogP contribution >= 0.6 is 15.9 Å². The highest BCUT2D eigenvalue weighted by atomic mass is 79.9. The van der Waals surface area contributed by atoms with Gasteiger partial charge in [0.05, 0.1) is 17.9 Å². The van der Waals surface area contributed by atoms with Crippen molar-refractivity contribution in [3.05, 3.63) is 60.2 Å². The summed E-state index contributed by atoms with van der Waals surface area (Å²) in [7, 11) is 0. The van der Waals surface area contributed by atoms with Crippen LogP contribution in [0, 0.1) is 0 Å². The lowest BCUT2D eigenvalue weighted by Crippen LogP contribution is -2.19. The third-order valence-corrected chi connectivity index (χ3v) is 3.44. The van der Waals surface area contributed by atoms with Gasteiger partial charge in [-0.25, -0.2) is 4.79 Å². The topological polar surface area (TPSA) is 79.8 Å². The monoisotopic (exact) mass is 389 g/mol. The van der Waals surface area contributed by atoms with Crippen molar-refractivity contribution in [1.82, 2.24) is 0 Å². The number of ether oxygens (including phenoxy) is 1. The fourth-order valence-electron chi connectivity index (χ4n) is 1.76. The molecule has 0 unspecified atom stereocenters. The fraction of sp³-hybridized carbons (Fsp3) is 0.118. The second-order valence-electron chi connectivity index (χ2n) is 4.63. The van der Waals surface area contributed by atoms with Crippen LogP contribution in [0.15, 0.2) is 59.7 Å². The summed E-state index contributed by atoms with van der Waals surface area (Å²) < 4.78 is 5.00. The molecule has 0 spiro atoms. The molecule has 0 atom stereocenters. The molecule has 0 fully saturated rings. The van der Waals surface area contributed by atoms with Gasteiger partial charge < -0.3 is 10.1 Å². The third kappa shape index (κ3) is 5.20. The van der Waals surface area contributed by atoms with Crippen molar-refractivity contribution in [1.29, 1.82) is 0 Å². The summed E-state index contributed by atoms with van der Waals surface area (Å²) in [4.78, 5) is 23.5. The van der Waals surface area contributed by atoms with Crippen molar-refractivity contribution in [2.24, 2.45) is 5.10 Å². The van der Waals surface area contributed by atoms with E-state index >= 15 is 0 Å². The number of hydrogen-bond donors (Lipinski definition) is 2. The molecule has 0 heterocycles. The molecule has 0 saturated heterocycles. The molecule has 0 bridgehead atoms. The van der Waals surface area contributed by atoms with Crippen molar-refractivity contribution in [3.8, 4) is 0 Å². The van der Waals surface area contributed by atoms with Crippen LogP contribution in [-0.2, 0) is 9.53 Å². The van der Waals surface area contributed by atoms with Crippen LogP contribution in [0.4, 0.5) is 11.4 Å².